The first-order chi connectivity index (χ1) is 11.3. The van der Waals surface area contributed by atoms with Gasteiger partial charge < -0.3 is 15.2 Å². The molecule has 4 nitrogen and oxygen atoms in total. The Morgan fingerprint density at radius 3 is 2.83 bits per heavy atom. The zero-order valence-corrected chi connectivity index (χ0v) is 14.8. The minimum Gasteiger partial charge on any atom is -0.357 e. The van der Waals surface area contributed by atoms with Crippen LogP contribution < -0.4 is 5.32 Å². The summed E-state index contributed by atoms with van der Waals surface area (Å²) < 4.78 is 0. The highest BCUT2D eigenvalue weighted by Gasteiger charge is 2.30. The number of fused-ring (bicyclic) bond motifs is 1. The third-order valence-corrected chi connectivity index (χ3v) is 5.32. The van der Waals surface area contributed by atoms with Gasteiger partial charge in [-0.25, -0.2) is 0 Å². The average Bonchev–Trinajstić information content (AvgIpc) is 3.23. The summed E-state index contributed by atoms with van der Waals surface area (Å²) >= 11 is 0. The van der Waals surface area contributed by atoms with Crippen LogP contribution in [0.2, 0.25) is 0 Å². The predicted molar refractivity (Wildman–Crippen MR) is 99.5 cm³/mol. The number of para-hydroxylation sites is 1. The van der Waals surface area contributed by atoms with E-state index in [1.54, 1.807) is 0 Å². The number of halogens is 1. The van der Waals surface area contributed by atoms with Crippen molar-refractivity contribution >= 4 is 29.2 Å². The summed E-state index contributed by atoms with van der Waals surface area (Å²) in [6, 6.07) is 11.2. The molecule has 2 N–H and O–H groups in total. The van der Waals surface area contributed by atoms with Crippen molar-refractivity contribution in [1.82, 2.24) is 15.2 Å². The van der Waals surface area contributed by atoms with E-state index in [-0.39, 0.29) is 18.4 Å². The first-order valence-electron chi connectivity index (χ1n) is 8.92. The molecule has 2 saturated heterocycles. The van der Waals surface area contributed by atoms with Gasteiger partial charge in [0.1, 0.15) is 0 Å². The lowest BCUT2D eigenvalue weighted by Gasteiger charge is -2.36. The van der Waals surface area contributed by atoms with Crippen molar-refractivity contribution < 1.29 is 4.79 Å². The fourth-order valence-electron chi connectivity index (χ4n) is 4.09. The van der Waals surface area contributed by atoms with Crippen LogP contribution in [0.1, 0.15) is 50.3 Å². The van der Waals surface area contributed by atoms with E-state index in [0.717, 1.165) is 37.9 Å². The SMILES string of the molecule is Cl.O=C(CC1CCCN1)N1CCCCC1c1cc2ccccc2[nH]1. The Labute approximate surface area is 149 Å². The van der Waals surface area contributed by atoms with Crippen LogP contribution in [-0.2, 0) is 4.79 Å². The second-order valence-electron chi connectivity index (χ2n) is 6.91. The van der Waals surface area contributed by atoms with Gasteiger partial charge in [-0.2, -0.15) is 0 Å². The van der Waals surface area contributed by atoms with Crippen molar-refractivity contribution in [3.8, 4) is 0 Å². The number of carbonyl (C=O) groups is 1. The number of hydrogen-bond acceptors (Lipinski definition) is 2. The molecule has 3 heterocycles. The van der Waals surface area contributed by atoms with Crippen molar-refractivity contribution in [1.29, 1.82) is 0 Å². The number of amides is 1. The predicted octanol–water partition coefficient (Wildman–Crippen LogP) is 3.79. The van der Waals surface area contributed by atoms with Gasteiger partial charge in [0.25, 0.3) is 0 Å². The normalized spacial score (nSPS) is 24.1. The van der Waals surface area contributed by atoms with Gasteiger partial charge >= 0.3 is 0 Å². The molecule has 1 amide bonds. The van der Waals surface area contributed by atoms with Crippen molar-refractivity contribution in [2.45, 2.75) is 50.6 Å². The Kier molecular flexibility index (Phi) is 5.47. The van der Waals surface area contributed by atoms with Crippen LogP contribution in [0.15, 0.2) is 30.3 Å². The van der Waals surface area contributed by atoms with E-state index in [1.807, 2.05) is 0 Å². The summed E-state index contributed by atoms with van der Waals surface area (Å²) in [7, 11) is 0. The Balaban J connectivity index is 0.00000169. The summed E-state index contributed by atoms with van der Waals surface area (Å²) in [5.41, 5.74) is 2.36. The topological polar surface area (TPSA) is 48.1 Å². The van der Waals surface area contributed by atoms with E-state index < -0.39 is 0 Å². The van der Waals surface area contributed by atoms with Crippen LogP contribution in [-0.4, -0.2) is 34.9 Å². The lowest BCUT2D eigenvalue weighted by Crippen LogP contribution is -2.41. The number of aromatic nitrogens is 1. The lowest BCUT2D eigenvalue weighted by atomic mass is 9.98. The second-order valence-corrected chi connectivity index (χ2v) is 6.91. The van der Waals surface area contributed by atoms with E-state index in [1.165, 1.54) is 23.9 Å². The van der Waals surface area contributed by atoms with Gasteiger partial charge in [0, 0.05) is 30.2 Å². The number of likely N-dealkylation sites (tertiary alicyclic amines) is 1. The van der Waals surface area contributed by atoms with E-state index in [4.69, 9.17) is 0 Å². The van der Waals surface area contributed by atoms with Gasteiger partial charge in [0.15, 0.2) is 0 Å². The van der Waals surface area contributed by atoms with Gasteiger partial charge in [-0.05, 0) is 56.2 Å². The fourth-order valence-corrected chi connectivity index (χ4v) is 4.09. The molecule has 24 heavy (non-hydrogen) atoms. The minimum atomic E-state index is 0. The molecule has 1 aromatic carbocycles. The Hall–Kier alpha value is -1.52. The summed E-state index contributed by atoms with van der Waals surface area (Å²) in [5.74, 6) is 0.313. The quantitative estimate of drug-likeness (QED) is 0.887. The maximum atomic E-state index is 12.8. The van der Waals surface area contributed by atoms with E-state index >= 15 is 0 Å². The summed E-state index contributed by atoms with van der Waals surface area (Å²) in [6.45, 7) is 1.95. The monoisotopic (exact) mass is 347 g/mol. The molecule has 0 aliphatic carbocycles. The summed E-state index contributed by atoms with van der Waals surface area (Å²) in [6.07, 6.45) is 6.37. The summed E-state index contributed by atoms with van der Waals surface area (Å²) in [4.78, 5) is 18.5. The number of piperidine rings is 1. The molecule has 0 saturated carbocycles. The molecule has 0 bridgehead atoms. The number of carbonyl (C=O) groups excluding carboxylic acids is 1. The molecular weight excluding hydrogens is 322 g/mol. The maximum absolute atomic E-state index is 12.8. The number of rotatable bonds is 3. The van der Waals surface area contributed by atoms with Crippen LogP contribution >= 0.6 is 12.4 Å². The Bertz CT molecular complexity index is 660. The Morgan fingerprint density at radius 1 is 1.17 bits per heavy atom. The number of hydrogen-bond donors (Lipinski definition) is 2. The summed E-state index contributed by atoms with van der Waals surface area (Å²) in [5, 5.41) is 4.68. The zero-order chi connectivity index (χ0) is 15.6. The van der Waals surface area contributed by atoms with E-state index in [2.05, 4.69) is 45.5 Å². The molecule has 2 aliphatic rings. The second kappa shape index (κ2) is 7.58. The van der Waals surface area contributed by atoms with Gasteiger partial charge in [0.05, 0.1) is 6.04 Å². The first kappa shape index (κ1) is 17.3. The third-order valence-electron chi connectivity index (χ3n) is 5.32. The molecule has 5 heteroatoms. The van der Waals surface area contributed by atoms with Crippen LogP contribution in [0.5, 0.6) is 0 Å². The lowest BCUT2D eigenvalue weighted by molar-refractivity contribution is -0.135. The number of nitrogens with zero attached hydrogens (tertiary/aromatic N) is 1. The molecule has 2 aliphatic heterocycles. The van der Waals surface area contributed by atoms with Crippen LogP contribution in [0.25, 0.3) is 10.9 Å². The molecular formula is C19H26ClN3O. The minimum absolute atomic E-state index is 0. The fraction of sp³-hybridized carbons (Fsp3) is 0.526. The molecule has 1 aromatic heterocycles. The first-order valence-corrected chi connectivity index (χ1v) is 8.92. The molecule has 4 rings (SSSR count). The molecule has 2 atom stereocenters. The molecule has 2 aromatic rings. The average molecular weight is 348 g/mol. The molecule has 130 valence electrons. The highest BCUT2D eigenvalue weighted by Crippen LogP contribution is 2.33. The van der Waals surface area contributed by atoms with Crippen LogP contribution in [0.4, 0.5) is 0 Å². The van der Waals surface area contributed by atoms with Crippen LogP contribution in [0, 0.1) is 0 Å². The largest absolute Gasteiger partial charge is 0.357 e. The van der Waals surface area contributed by atoms with Crippen molar-refractivity contribution in [3.05, 3.63) is 36.0 Å². The number of H-pyrrole nitrogens is 1. The van der Waals surface area contributed by atoms with Gasteiger partial charge in [0.2, 0.25) is 5.91 Å². The van der Waals surface area contributed by atoms with Crippen molar-refractivity contribution in [3.63, 3.8) is 0 Å². The van der Waals surface area contributed by atoms with Gasteiger partial charge in [-0.1, -0.05) is 18.2 Å². The van der Waals surface area contributed by atoms with Gasteiger partial charge in [-0.15, -0.1) is 12.4 Å². The molecule has 0 spiro atoms. The van der Waals surface area contributed by atoms with E-state index in [0.29, 0.717) is 18.4 Å². The van der Waals surface area contributed by atoms with Crippen molar-refractivity contribution in [2.24, 2.45) is 0 Å². The zero-order valence-electron chi connectivity index (χ0n) is 14.0. The third kappa shape index (κ3) is 3.45. The smallest absolute Gasteiger partial charge is 0.224 e. The maximum Gasteiger partial charge on any atom is 0.224 e. The van der Waals surface area contributed by atoms with Crippen LogP contribution in [0.3, 0.4) is 0 Å². The molecule has 0 radical (unpaired) electrons. The number of nitrogens with one attached hydrogen (secondary N) is 2. The number of benzene rings is 1. The Morgan fingerprint density at radius 2 is 2.04 bits per heavy atom. The molecule has 2 fully saturated rings. The van der Waals surface area contributed by atoms with Crippen molar-refractivity contribution in [2.75, 3.05) is 13.1 Å². The standard InChI is InChI=1S/C19H25N3O.ClH/c23-19(13-15-7-5-10-20-15)22-11-4-3-9-18(22)17-12-14-6-1-2-8-16(14)21-17;/h1-2,6,8,12,15,18,20-21H,3-5,7,9-11,13H2;1H. The molecule has 2 unspecified atom stereocenters. The van der Waals surface area contributed by atoms with Gasteiger partial charge in [-0.3, -0.25) is 4.79 Å². The number of aromatic amines is 1. The van der Waals surface area contributed by atoms with E-state index in [9.17, 15) is 4.79 Å². The highest BCUT2D eigenvalue weighted by atomic mass is 35.5. The highest BCUT2D eigenvalue weighted by molar-refractivity contribution is 5.85.